The first-order chi connectivity index (χ1) is 13.2. The third-order valence-corrected chi connectivity index (χ3v) is 5.27. The van der Waals surface area contributed by atoms with Gasteiger partial charge in [-0.1, -0.05) is 0 Å². The largest absolute Gasteiger partial charge is 0.478 e. The molecule has 2 aromatic rings. The van der Waals surface area contributed by atoms with Gasteiger partial charge in [0.2, 0.25) is 5.91 Å². The molecule has 9 nitrogen and oxygen atoms in total. The van der Waals surface area contributed by atoms with Crippen molar-refractivity contribution in [3.05, 3.63) is 30.9 Å². The summed E-state index contributed by atoms with van der Waals surface area (Å²) in [6, 6.07) is 1.82. The van der Waals surface area contributed by atoms with Gasteiger partial charge < -0.3 is 19.3 Å². The van der Waals surface area contributed by atoms with Gasteiger partial charge in [0.05, 0.1) is 19.3 Å². The van der Waals surface area contributed by atoms with Crippen LogP contribution in [0, 0.1) is 0 Å². The lowest BCUT2D eigenvalue weighted by Crippen LogP contribution is -2.58. The van der Waals surface area contributed by atoms with Crippen molar-refractivity contribution in [1.29, 1.82) is 0 Å². The molecule has 2 aromatic heterocycles. The minimum Gasteiger partial charge on any atom is -0.478 e. The van der Waals surface area contributed by atoms with Crippen molar-refractivity contribution in [3.8, 4) is 5.88 Å². The van der Waals surface area contributed by atoms with Crippen molar-refractivity contribution in [2.24, 2.45) is 0 Å². The number of hydrogen-bond acceptors (Lipinski definition) is 7. The summed E-state index contributed by atoms with van der Waals surface area (Å²) < 4.78 is 13.1. The van der Waals surface area contributed by atoms with Gasteiger partial charge in [0, 0.05) is 51.0 Å². The first-order valence-corrected chi connectivity index (χ1v) is 9.18. The monoisotopic (exact) mass is 372 g/mol. The van der Waals surface area contributed by atoms with Crippen molar-refractivity contribution in [1.82, 2.24) is 24.6 Å². The Bertz CT molecular complexity index is 773. The van der Waals surface area contributed by atoms with Gasteiger partial charge in [-0.05, 0) is 18.9 Å². The predicted octanol–water partition coefficient (Wildman–Crippen LogP) is 0.580. The number of carbonyl (C=O) groups excluding carboxylic acids is 1. The average Bonchev–Trinajstić information content (AvgIpc) is 3.22. The Morgan fingerprint density at radius 2 is 2.04 bits per heavy atom. The van der Waals surface area contributed by atoms with Gasteiger partial charge in [0.25, 0.3) is 5.88 Å². The molecular weight excluding hydrogens is 348 g/mol. The molecule has 0 radical (unpaired) electrons. The highest BCUT2D eigenvalue weighted by atomic mass is 16.5. The van der Waals surface area contributed by atoms with Crippen molar-refractivity contribution in [2.75, 3.05) is 44.8 Å². The lowest BCUT2D eigenvalue weighted by Gasteiger charge is -2.47. The van der Waals surface area contributed by atoms with E-state index in [1.807, 2.05) is 11.0 Å². The Labute approximate surface area is 157 Å². The molecule has 9 heteroatoms. The van der Waals surface area contributed by atoms with Crippen molar-refractivity contribution < 1.29 is 14.3 Å². The smallest absolute Gasteiger partial charge is 0.257 e. The molecule has 144 valence electrons. The fourth-order valence-corrected chi connectivity index (χ4v) is 3.80. The fourth-order valence-electron chi connectivity index (χ4n) is 3.80. The molecule has 2 aliphatic heterocycles. The minimum atomic E-state index is -0.288. The molecule has 0 saturated carbocycles. The molecular formula is C18H24N6O3. The first kappa shape index (κ1) is 17.7. The Morgan fingerprint density at radius 3 is 2.78 bits per heavy atom. The highest BCUT2D eigenvalue weighted by Crippen LogP contribution is 2.33. The zero-order valence-electron chi connectivity index (χ0n) is 15.5. The summed E-state index contributed by atoms with van der Waals surface area (Å²) in [7, 11) is 1.60. The Kier molecular flexibility index (Phi) is 4.93. The summed E-state index contributed by atoms with van der Waals surface area (Å²) in [5.41, 5.74) is -0.288. The van der Waals surface area contributed by atoms with Gasteiger partial charge in [0.15, 0.2) is 5.82 Å². The molecule has 1 spiro atoms. The van der Waals surface area contributed by atoms with Gasteiger partial charge >= 0.3 is 0 Å². The number of piperidine rings is 1. The molecule has 2 saturated heterocycles. The maximum atomic E-state index is 12.6. The number of rotatable bonds is 4. The Hall–Kier alpha value is -2.68. The lowest BCUT2D eigenvalue weighted by atomic mass is 9.89. The van der Waals surface area contributed by atoms with Crippen molar-refractivity contribution in [3.63, 3.8) is 0 Å². The third kappa shape index (κ3) is 3.73. The van der Waals surface area contributed by atoms with Crippen LogP contribution < -0.4 is 9.64 Å². The van der Waals surface area contributed by atoms with Crippen LogP contribution in [0.5, 0.6) is 5.88 Å². The third-order valence-electron chi connectivity index (χ3n) is 5.27. The van der Waals surface area contributed by atoms with E-state index in [0.717, 1.165) is 31.7 Å². The second-order valence-corrected chi connectivity index (χ2v) is 6.93. The van der Waals surface area contributed by atoms with Crippen molar-refractivity contribution in [2.45, 2.75) is 25.0 Å². The topological polar surface area (TPSA) is 85.6 Å². The molecule has 2 fully saturated rings. The molecule has 4 heterocycles. The lowest BCUT2D eigenvalue weighted by molar-refractivity contribution is -0.155. The van der Waals surface area contributed by atoms with Crippen LogP contribution in [-0.4, -0.2) is 76.1 Å². The second-order valence-electron chi connectivity index (χ2n) is 6.93. The predicted molar refractivity (Wildman–Crippen MR) is 97.5 cm³/mol. The number of nitrogens with zero attached hydrogens (tertiary/aromatic N) is 6. The SMILES string of the molecule is COc1nccnc1N1CCC2(CC1)CN(C(=O)Cn1cccn1)CCO2. The van der Waals surface area contributed by atoms with E-state index < -0.39 is 0 Å². The number of anilines is 1. The highest BCUT2D eigenvalue weighted by molar-refractivity contribution is 5.76. The molecule has 0 aliphatic carbocycles. The molecule has 27 heavy (non-hydrogen) atoms. The van der Waals surface area contributed by atoms with E-state index in [0.29, 0.717) is 25.6 Å². The normalized spacial score (nSPS) is 19.3. The average molecular weight is 372 g/mol. The zero-order valence-corrected chi connectivity index (χ0v) is 15.5. The van der Waals surface area contributed by atoms with Gasteiger partial charge in [-0.3, -0.25) is 9.48 Å². The zero-order chi connectivity index (χ0) is 18.7. The van der Waals surface area contributed by atoms with Crippen LogP contribution in [0.3, 0.4) is 0 Å². The van der Waals surface area contributed by atoms with E-state index in [2.05, 4.69) is 20.0 Å². The maximum absolute atomic E-state index is 12.6. The fraction of sp³-hybridized carbons (Fsp3) is 0.556. The Morgan fingerprint density at radius 1 is 1.22 bits per heavy atom. The Balaban J connectivity index is 1.39. The highest BCUT2D eigenvalue weighted by Gasteiger charge is 2.41. The summed E-state index contributed by atoms with van der Waals surface area (Å²) in [6.45, 7) is 3.67. The van der Waals surface area contributed by atoms with E-state index in [1.54, 1.807) is 36.6 Å². The summed E-state index contributed by atoms with van der Waals surface area (Å²) in [4.78, 5) is 25.3. The number of morpholine rings is 1. The van der Waals surface area contributed by atoms with Crippen LogP contribution >= 0.6 is 0 Å². The summed E-state index contributed by atoms with van der Waals surface area (Å²) >= 11 is 0. The molecule has 0 unspecified atom stereocenters. The van der Waals surface area contributed by atoms with Crippen molar-refractivity contribution >= 4 is 11.7 Å². The van der Waals surface area contributed by atoms with Gasteiger partial charge in [0.1, 0.15) is 6.54 Å². The molecule has 4 rings (SSSR count). The quantitative estimate of drug-likeness (QED) is 0.776. The molecule has 0 N–H and O–H groups in total. The van der Waals surface area contributed by atoms with E-state index in [-0.39, 0.29) is 18.1 Å². The first-order valence-electron chi connectivity index (χ1n) is 9.18. The van der Waals surface area contributed by atoms with Crippen LogP contribution in [0.2, 0.25) is 0 Å². The number of amides is 1. The number of methoxy groups -OCH3 is 1. The minimum absolute atomic E-state index is 0.0828. The number of ether oxygens (including phenoxy) is 2. The second kappa shape index (κ2) is 7.51. The van der Waals surface area contributed by atoms with E-state index >= 15 is 0 Å². The standard InChI is InChI=1S/C18H24N6O3/c1-26-17-16(19-6-7-20-17)22-9-3-18(4-10-22)14-23(11-12-27-18)15(25)13-24-8-2-5-21-24/h2,5-8H,3-4,9-14H2,1H3. The van der Waals surface area contributed by atoms with Crippen LogP contribution in [0.1, 0.15) is 12.8 Å². The van der Waals surface area contributed by atoms with Gasteiger partial charge in [-0.25, -0.2) is 9.97 Å². The van der Waals surface area contributed by atoms with Crippen LogP contribution in [0.4, 0.5) is 5.82 Å². The van der Waals surface area contributed by atoms with Gasteiger partial charge in [-0.2, -0.15) is 5.10 Å². The van der Waals surface area contributed by atoms with Crippen LogP contribution in [0.25, 0.3) is 0 Å². The summed E-state index contributed by atoms with van der Waals surface area (Å²) in [6.07, 6.45) is 8.46. The number of aromatic nitrogens is 4. The molecule has 0 aromatic carbocycles. The molecule has 2 aliphatic rings. The molecule has 1 amide bonds. The summed E-state index contributed by atoms with van der Waals surface area (Å²) in [5, 5.41) is 4.12. The summed E-state index contributed by atoms with van der Waals surface area (Å²) in [5.74, 6) is 1.38. The number of hydrogen-bond donors (Lipinski definition) is 0. The van der Waals surface area contributed by atoms with Crippen LogP contribution in [0.15, 0.2) is 30.9 Å². The molecule has 0 bridgehead atoms. The molecule has 0 atom stereocenters. The van der Waals surface area contributed by atoms with E-state index in [9.17, 15) is 4.79 Å². The van der Waals surface area contributed by atoms with E-state index in [4.69, 9.17) is 9.47 Å². The number of carbonyl (C=O) groups is 1. The van der Waals surface area contributed by atoms with Gasteiger partial charge in [-0.15, -0.1) is 0 Å². The van der Waals surface area contributed by atoms with E-state index in [1.165, 1.54) is 0 Å². The van der Waals surface area contributed by atoms with Crippen LogP contribution in [-0.2, 0) is 16.1 Å². The maximum Gasteiger partial charge on any atom is 0.257 e.